The summed E-state index contributed by atoms with van der Waals surface area (Å²) in [7, 11) is 0. The molecule has 3 N–H and O–H groups in total. The van der Waals surface area contributed by atoms with E-state index in [1.165, 1.54) is 39.9 Å². The summed E-state index contributed by atoms with van der Waals surface area (Å²) in [6.45, 7) is 3.62. The van der Waals surface area contributed by atoms with Gasteiger partial charge >= 0.3 is 0 Å². The molecule has 2 atom stereocenters. The number of halogens is 1. The Morgan fingerprint density at radius 1 is 1.27 bits per heavy atom. The summed E-state index contributed by atoms with van der Waals surface area (Å²) < 4.78 is 14.4. The number of amides is 1. The molecule has 0 bridgehead atoms. The number of thiophene rings is 1. The standard InChI is InChI=1S/C17H18FN5OS2/c1-10(12-5-7-13(18)8-6-12)20-16(24)11(2)26-17-22-21-15(23(17)19)14-4-3-9-25-14/h3-11H,19H2,1-2H3,(H,20,24). The van der Waals surface area contributed by atoms with Gasteiger partial charge in [-0.3, -0.25) is 4.79 Å². The Bertz CT molecular complexity index is 879. The van der Waals surface area contributed by atoms with Gasteiger partial charge < -0.3 is 11.2 Å². The third-order valence-corrected chi connectivity index (χ3v) is 5.71. The van der Waals surface area contributed by atoms with Crippen LogP contribution in [0.4, 0.5) is 4.39 Å². The van der Waals surface area contributed by atoms with Crippen LogP contribution in [0.15, 0.2) is 46.9 Å². The maximum atomic E-state index is 13.0. The van der Waals surface area contributed by atoms with Crippen LogP contribution in [0, 0.1) is 5.82 Å². The first kappa shape index (κ1) is 18.4. The minimum Gasteiger partial charge on any atom is -0.349 e. The van der Waals surface area contributed by atoms with E-state index >= 15 is 0 Å². The second kappa shape index (κ2) is 7.88. The highest BCUT2D eigenvalue weighted by Crippen LogP contribution is 2.27. The molecule has 0 aliphatic rings. The molecule has 9 heteroatoms. The van der Waals surface area contributed by atoms with Crippen molar-refractivity contribution in [2.24, 2.45) is 0 Å². The summed E-state index contributed by atoms with van der Waals surface area (Å²) in [6.07, 6.45) is 0. The molecule has 0 aliphatic heterocycles. The molecule has 3 rings (SSSR count). The van der Waals surface area contributed by atoms with Gasteiger partial charge in [0.1, 0.15) is 5.82 Å². The highest BCUT2D eigenvalue weighted by molar-refractivity contribution is 8.00. The molecular formula is C17H18FN5OS2. The van der Waals surface area contributed by atoms with E-state index in [4.69, 9.17) is 5.84 Å². The lowest BCUT2D eigenvalue weighted by Crippen LogP contribution is -2.33. The summed E-state index contributed by atoms with van der Waals surface area (Å²) in [5, 5.41) is 13.1. The molecule has 26 heavy (non-hydrogen) atoms. The zero-order valence-corrected chi connectivity index (χ0v) is 15.9. The first-order valence-electron chi connectivity index (χ1n) is 7.92. The number of nitrogens with two attached hydrogens (primary N) is 1. The Balaban J connectivity index is 1.63. The van der Waals surface area contributed by atoms with E-state index in [9.17, 15) is 9.18 Å². The molecule has 2 aromatic heterocycles. The van der Waals surface area contributed by atoms with Gasteiger partial charge in [-0.25, -0.2) is 9.07 Å². The summed E-state index contributed by atoms with van der Waals surface area (Å²) in [5.74, 6) is 6.16. The van der Waals surface area contributed by atoms with Crippen molar-refractivity contribution in [1.82, 2.24) is 20.2 Å². The van der Waals surface area contributed by atoms with Crippen LogP contribution in [0.2, 0.25) is 0 Å². The number of nitrogens with one attached hydrogen (secondary N) is 1. The molecule has 2 heterocycles. The fourth-order valence-corrected chi connectivity index (χ4v) is 3.79. The molecule has 0 radical (unpaired) electrons. The van der Waals surface area contributed by atoms with Gasteiger partial charge in [0.15, 0.2) is 5.82 Å². The zero-order valence-electron chi connectivity index (χ0n) is 14.2. The Labute approximate surface area is 158 Å². The molecule has 0 saturated carbocycles. The molecule has 1 amide bonds. The molecule has 0 aliphatic carbocycles. The van der Waals surface area contributed by atoms with Crippen LogP contribution in [0.25, 0.3) is 10.7 Å². The molecule has 0 fully saturated rings. The lowest BCUT2D eigenvalue weighted by atomic mass is 10.1. The van der Waals surface area contributed by atoms with Crippen molar-refractivity contribution in [1.29, 1.82) is 0 Å². The molecule has 3 aromatic rings. The smallest absolute Gasteiger partial charge is 0.233 e. The van der Waals surface area contributed by atoms with Crippen molar-refractivity contribution in [3.05, 3.63) is 53.2 Å². The molecule has 136 valence electrons. The Kier molecular flexibility index (Phi) is 5.58. The zero-order chi connectivity index (χ0) is 18.7. The minimum absolute atomic E-state index is 0.160. The first-order valence-corrected chi connectivity index (χ1v) is 9.68. The van der Waals surface area contributed by atoms with Crippen molar-refractivity contribution in [3.63, 3.8) is 0 Å². The van der Waals surface area contributed by atoms with Gasteiger partial charge in [-0.15, -0.1) is 21.5 Å². The highest BCUT2D eigenvalue weighted by atomic mass is 32.2. The third-order valence-electron chi connectivity index (χ3n) is 3.79. The maximum Gasteiger partial charge on any atom is 0.233 e. The third kappa shape index (κ3) is 4.05. The van der Waals surface area contributed by atoms with Gasteiger partial charge in [-0.1, -0.05) is 30.0 Å². The number of benzene rings is 1. The van der Waals surface area contributed by atoms with Crippen LogP contribution in [0.3, 0.4) is 0 Å². The van der Waals surface area contributed by atoms with E-state index in [1.807, 2.05) is 24.4 Å². The summed E-state index contributed by atoms with van der Waals surface area (Å²) >= 11 is 2.75. The number of nitrogen functional groups attached to an aromatic ring is 1. The molecule has 6 nitrogen and oxygen atoms in total. The molecule has 0 saturated heterocycles. The van der Waals surface area contributed by atoms with E-state index < -0.39 is 5.25 Å². The minimum atomic E-state index is -0.416. The summed E-state index contributed by atoms with van der Waals surface area (Å²) in [6, 6.07) is 9.65. The molecule has 1 aromatic carbocycles. The number of carbonyl (C=O) groups excluding carboxylic acids is 1. The topological polar surface area (TPSA) is 85.8 Å². The first-order chi connectivity index (χ1) is 12.5. The van der Waals surface area contributed by atoms with E-state index in [-0.39, 0.29) is 17.8 Å². The number of hydrogen-bond acceptors (Lipinski definition) is 6. The monoisotopic (exact) mass is 391 g/mol. The normalized spacial score (nSPS) is 13.3. The molecular weight excluding hydrogens is 373 g/mol. The Morgan fingerprint density at radius 2 is 2.00 bits per heavy atom. The average molecular weight is 391 g/mol. The summed E-state index contributed by atoms with van der Waals surface area (Å²) in [5.41, 5.74) is 0.832. The van der Waals surface area contributed by atoms with Gasteiger partial charge in [0, 0.05) is 0 Å². The van der Waals surface area contributed by atoms with Crippen molar-refractivity contribution in [3.8, 4) is 10.7 Å². The summed E-state index contributed by atoms with van der Waals surface area (Å²) in [4.78, 5) is 13.4. The van der Waals surface area contributed by atoms with Crippen molar-refractivity contribution < 1.29 is 9.18 Å². The maximum absolute atomic E-state index is 13.0. The Morgan fingerprint density at radius 3 is 2.65 bits per heavy atom. The predicted molar refractivity (Wildman–Crippen MR) is 102 cm³/mol. The average Bonchev–Trinajstić information content (AvgIpc) is 3.26. The number of carbonyl (C=O) groups is 1. The van der Waals surface area contributed by atoms with Crippen LogP contribution < -0.4 is 11.2 Å². The number of thioether (sulfide) groups is 1. The van der Waals surface area contributed by atoms with Crippen LogP contribution in [0.1, 0.15) is 25.5 Å². The highest BCUT2D eigenvalue weighted by Gasteiger charge is 2.21. The van der Waals surface area contributed by atoms with E-state index in [0.29, 0.717) is 11.0 Å². The van der Waals surface area contributed by atoms with Crippen molar-refractivity contribution >= 4 is 29.0 Å². The lowest BCUT2D eigenvalue weighted by Gasteiger charge is -2.17. The second-order valence-electron chi connectivity index (χ2n) is 5.70. The fraction of sp³-hybridized carbons (Fsp3) is 0.235. The van der Waals surface area contributed by atoms with Gasteiger partial charge in [-0.2, -0.15) is 0 Å². The SMILES string of the molecule is CC(Sc1nnc(-c2cccs2)n1N)C(=O)NC(C)c1ccc(F)cc1. The number of hydrogen-bond donors (Lipinski definition) is 2. The number of aromatic nitrogens is 3. The largest absolute Gasteiger partial charge is 0.349 e. The van der Waals surface area contributed by atoms with Crippen LogP contribution in [0.5, 0.6) is 0 Å². The van der Waals surface area contributed by atoms with Gasteiger partial charge in [0.2, 0.25) is 11.1 Å². The lowest BCUT2D eigenvalue weighted by molar-refractivity contribution is -0.120. The van der Waals surface area contributed by atoms with Crippen LogP contribution in [-0.4, -0.2) is 26.0 Å². The van der Waals surface area contributed by atoms with Crippen molar-refractivity contribution in [2.75, 3.05) is 5.84 Å². The number of rotatable bonds is 6. The number of nitrogens with zero attached hydrogens (tertiary/aromatic N) is 3. The van der Waals surface area contributed by atoms with E-state index in [0.717, 1.165) is 10.4 Å². The van der Waals surface area contributed by atoms with Crippen molar-refractivity contribution in [2.45, 2.75) is 30.3 Å². The van der Waals surface area contributed by atoms with E-state index in [1.54, 1.807) is 19.1 Å². The van der Waals surface area contributed by atoms with Gasteiger partial charge in [0.25, 0.3) is 0 Å². The van der Waals surface area contributed by atoms with Gasteiger partial charge in [-0.05, 0) is 43.0 Å². The molecule has 0 spiro atoms. The second-order valence-corrected chi connectivity index (χ2v) is 7.95. The fourth-order valence-electron chi connectivity index (χ4n) is 2.31. The quantitative estimate of drug-likeness (QED) is 0.498. The van der Waals surface area contributed by atoms with Crippen LogP contribution in [-0.2, 0) is 4.79 Å². The van der Waals surface area contributed by atoms with Gasteiger partial charge in [0.05, 0.1) is 16.2 Å². The van der Waals surface area contributed by atoms with Crippen LogP contribution >= 0.6 is 23.1 Å². The Hall–Kier alpha value is -2.39. The molecule has 2 unspecified atom stereocenters. The van der Waals surface area contributed by atoms with E-state index in [2.05, 4.69) is 15.5 Å². The predicted octanol–water partition coefficient (Wildman–Crippen LogP) is 3.22.